The van der Waals surface area contributed by atoms with E-state index in [2.05, 4.69) is 48.9 Å². The third-order valence-electron chi connectivity index (χ3n) is 3.52. The van der Waals surface area contributed by atoms with Crippen LogP contribution in [-0.4, -0.2) is 13.6 Å². The second-order valence-electron chi connectivity index (χ2n) is 4.73. The van der Waals surface area contributed by atoms with Crippen LogP contribution >= 0.6 is 0 Å². The van der Waals surface area contributed by atoms with Crippen molar-refractivity contribution in [2.75, 3.05) is 18.5 Å². The molecule has 1 aromatic carbocycles. The van der Waals surface area contributed by atoms with Gasteiger partial charge in [-0.05, 0) is 42.5 Å². The first kappa shape index (κ1) is 12.7. The molecule has 1 aliphatic heterocycles. The number of hydrogen-bond acceptors (Lipinski definition) is 1. The van der Waals surface area contributed by atoms with Crippen molar-refractivity contribution >= 4 is 5.69 Å². The van der Waals surface area contributed by atoms with E-state index in [4.69, 9.17) is 0 Å². The van der Waals surface area contributed by atoms with Crippen molar-refractivity contribution in [2.24, 2.45) is 0 Å². The molecule has 94 valence electrons. The Labute approximate surface area is 110 Å². The van der Waals surface area contributed by atoms with E-state index in [1.165, 1.54) is 22.4 Å². The summed E-state index contributed by atoms with van der Waals surface area (Å²) in [5.74, 6) is 0. The van der Waals surface area contributed by atoms with Crippen LogP contribution in [0.15, 0.2) is 54.7 Å². The number of fused-ring (bicyclic) bond motifs is 1. The summed E-state index contributed by atoms with van der Waals surface area (Å²) in [4.78, 5) is 2.34. The van der Waals surface area contributed by atoms with E-state index in [0.717, 1.165) is 19.4 Å². The number of allylic oxidation sites excluding steroid dienone is 5. The van der Waals surface area contributed by atoms with E-state index in [9.17, 15) is 0 Å². The third-order valence-corrected chi connectivity index (χ3v) is 3.52. The Morgan fingerprint density at radius 3 is 3.00 bits per heavy atom. The SMILES string of the molecule is C=C/C(=C\C=C/C)Cc1cccc2c1CCN2C. The second kappa shape index (κ2) is 5.72. The van der Waals surface area contributed by atoms with Crippen LogP contribution in [0.2, 0.25) is 0 Å². The molecule has 0 N–H and O–H groups in total. The van der Waals surface area contributed by atoms with Crippen LogP contribution in [0.25, 0.3) is 0 Å². The number of rotatable bonds is 4. The highest BCUT2D eigenvalue weighted by atomic mass is 15.1. The number of hydrogen-bond donors (Lipinski definition) is 0. The fourth-order valence-corrected chi connectivity index (χ4v) is 2.47. The van der Waals surface area contributed by atoms with Crippen molar-refractivity contribution in [1.29, 1.82) is 0 Å². The smallest absolute Gasteiger partial charge is 0.0399 e. The zero-order valence-corrected chi connectivity index (χ0v) is 11.3. The van der Waals surface area contributed by atoms with E-state index >= 15 is 0 Å². The number of nitrogens with zero attached hydrogens (tertiary/aromatic N) is 1. The summed E-state index contributed by atoms with van der Waals surface area (Å²) in [6.07, 6.45) is 10.4. The van der Waals surface area contributed by atoms with Gasteiger partial charge in [0, 0.05) is 19.3 Å². The van der Waals surface area contributed by atoms with E-state index in [1.54, 1.807) is 0 Å². The van der Waals surface area contributed by atoms with E-state index in [-0.39, 0.29) is 0 Å². The molecule has 0 radical (unpaired) electrons. The summed E-state index contributed by atoms with van der Waals surface area (Å²) in [7, 11) is 2.17. The van der Waals surface area contributed by atoms with E-state index in [1.807, 2.05) is 19.1 Å². The molecule has 0 fully saturated rings. The maximum absolute atomic E-state index is 3.91. The lowest BCUT2D eigenvalue weighted by Crippen LogP contribution is -2.12. The van der Waals surface area contributed by atoms with Gasteiger partial charge in [0.1, 0.15) is 0 Å². The molecule has 0 amide bonds. The molecule has 1 aliphatic rings. The monoisotopic (exact) mass is 239 g/mol. The van der Waals surface area contributed by atoms with Gasteiger partial charge in [-0.15, -0.1) is 0 Å². The predicted molar refractivity (Wildman–Crippen MR) is 80.2 cm³/mol. The Kier molecular flexibility index (Phi) is 4.03. The predicted octanol–water partition coefficient (Wildman–Crippen LogP) is 3.91. The highest BCUT2D eigenvalue weighted by Crippen LogP contribution is 2.30. The van der Waals surface area contributed by atoms with Gasteiger partial charge in [0.2, 0.25) is 0 Å². The Hall–Kier alpha value is -1.76. The molecule has 0 unspecified atom stereocenters. The summed E-state index contributed by atoms with van der Waals surface area (Å²) < 4.78 is 0. The summed E-state index contributed by atoms with van der Waals surface area (Å²) in [5, 5.41) is 0. The lowest BCUT2D eigenvalue weighted by Gasteiger charge is -2.13. The van der Waals surface area contributed by atoms with Crippen molar-refractivity contribution in [2.45, 2.75) is 19.8 Å². The largest absolute Gasteiger partial charge is 0.374 e. The molecule has 0 aliphatic carbocycles. The molecule has 0 bridgehead atoms. The van der Waals surface area contributed by atoms with Crippen molar-refractivity contribution in [1.82, 2.24) is 0 Å². The average Bonchev–Trinajstić information content (AvgIpc) is 2.77. The average molecular weight is 239 g/mol. The summed E-state index contributed by atoms with van der Waals surface area (Å²) in [6.45, 7) is 7.07. The Morgan fingerprint density at radius 1 is 1.44 bits per heavy atom. The van der Waals surface area contributed by atoms with Gasteiger partial charge in [-0.3, -0.25) is 0 Å². The second-order valence-corrected chi connectivity index (χ2v) is 4.73. The molecule has 2 rings (SSSR count). The molecule has 0 saturated carbocycles. The molecule has 1 heterocycles. The van der Waals surface area contributed by atoms with Gasteiger partial charge in [-0.2, -0.15) is 0 Å². The maximum atomic E-state index is 3.91. The molecule has 18 heavy (non-hydrogen) atoms. The highest BCUT2D eigenvalue weighted by Gasteiger charge is 2.18. The Balaban J connectivity index is 2.28. The van der Waals surface area contributed by atoms with Gasteiger partial charge < -0.3 is 4.90 Å². The minimum absolute atomic E-state index is 0.977. The van der Waals surface area contributed by atoms with Crippen molar-refractivity contribution in [3.05, 3.63) is 65.8 Å². The van der Waals surface area contributed by atoms with Gasteiger partial charge in [0.25, 0.3) is 0 Å². The number of likely N-dealkylation sites (N-methyl/N-ethyl adjacent to an activating group) is 1. The quantitative estimate of drug-likeness (QED) is 0.720. The molecule has 0 saturated heterocycles. The van der Waals surface area contributed by atoms with Crippen LogP contribution in [0.1, 0.15) is 18.1 Å². The van der Waals surface area contributed by atoms with Gasteiger partial charge in [-0.1, -0.05) is 43.0 Å². The molecule has 0 atom stereocenters. The lowest BCUT2D eigenvalue weighted by molar-refractivity contribution is 0.950. The lowest BCUT2D eigenvalue weighted by atomic mass is 9.98. The Bertz CT molecular complexity index is 494. The zero-order chi connectivity index (χ0) is 13.0. The van der Waals surface area contributed by atoms with Crippen molar-refractivity contribution in [3.63, 3.8) is 0 Å². The van der Waals surface area contributed by atoms with Crippen molar-refractivity contribution in [3.8, 4) is 0 Å². The molecule has 1 nitrogen and oxygen atoms in total. The van der Waals surface area contributed by atoms with Crippen LogP contribution in [0.4, 0.5) is 5.69 Å². The molecule has 0 aromatic heterocycles. The van der Waals surface area contributed by atoms with Crippen LogP contribution in [0.3, 0.4) is 0 Å². The van der Waals surface area contributed by atoms with Crippen LogP contribution < -0.4 is 4.90 Å². The van der Waals surface area contributed by atoms with Gasteiger partial charge in [0.15, 0.2) is 0 Å². The third kappa shape index (κ3) is 2.56. The number of benzene rings is 1. The summed E-state index contributed by atoms with van der Waals surface area (Å²) in [6, 6.07) is 6.62. The first-order valence-electron chi connectivity index (χ1n) is 6.52. The molecule has 1 heteroatoms. The topological polar surface area (TPSA) is 3.24 Å². The van der Waals surface area contributed by atoms with Crippen molar-refractivity contribution < 1.29 is 0 Å². The number of anilines is 1. The fraction of sp³-hybridized carbons (Fsp3) is 0.294. The van der Waals surface area contributed by atoms with E-state index in [0.29, 0.717) is 0 Å². The summed E-state index contributed by atoms with van der Waals surface area (Å²) >= 11 is 0. The molecule has 0 spiro atoms. The summed E-state index contributed by atoms with van der Waals surface area (Å²) in [5.41, 5.74) is 5.61. The fourth-order valence-electron chi connectivity index (χ4n) is 2.47. The van der Waals surface area contributed by atoms with E-state index < -0.39 is 0 Å². The van der Waals surface area contributed by atoms with Gasteiger partial charge >= 0.3 is 0 Å². The highest BCUT2D eigenvalue weighted by molar-refractivity contribution is 5.61. The Morgan fingerprint density at radius 2 is 2.28 bits per heavy atom. The van der Waals surface area contributed by atoms with Gasteiger partial charge in [-0.25, -0.2) is 0 Å². The van der Waals surface area contributed by atoms with Gasteiger partial charge in [0.05, 0.1) is 0 Å². The first-order chi connectivity index (χ1) is 8.76. The first-order valence-corrected chi connectivity index (χ1v) is 6.52. The minimum atomic E-state index is 0.977. The van der Waals surface area contributed by atoms with Crippen LogP contribution in [-0.2, 0) is 12.8 Å². The standard InChI is InChI=1S/C17H21N/c1-4-6-8-14(5-2)13-15-9-7-10-17-16(15)11-12-18(17)3/h4-10H,2,11-13H2,1,3H3/b6-4-,14-8+. The normalized spacial score (nSPS) is 15.2. The minimum Gasteiger partial charge on any atom is -0.374 e. The zero-order valence-electron chi connectivity index (χ0n) is 11.3. The maximum Gasteiger partial charge on any atom is 0.0399 e. The molecular weight excluding hydrogens is 218 g/mol. The molecule has 1 aromatic rings. The van der Waals surface area contributed by atoms with Crippen LogP contribution in [0, 0.1) is 0 Å². The molecular formula is C17H21N. The van der Waals surface area contributed by atoms with Crippen LogP contribution in [0.5, 0.6) is 0 Å².